The van der Waals surface area contributed by atoms with E-state index in [0.717, 1.165) is 67.0 Å². The average molecular weight is 473 g/mol. The maximum absolute atomic E-state index is 6.04. The molecule has 5 rings (SSSR count). The molecule has 1 fully saturated rings. The van der Waals surface area contributed by atoms with Crippen molar-refractivity contribution in [1.82, 2.24) is 4.90 Å². The molecule has 3 aromatic rings. The van der Waals surface area contributed by atoms with E-state index in [1.807, 2.05) is 6.26 Å². The average Bonchev–Trinajstić information content (AvgIpc) is 3.51. The molecule has 178 valence electrons. The molecule has 1 atom stereocenters. The highest BCUT2D eigenvalue weighted by molar-refractivity contribution is 7.81. The first-order chi connectivity index (χ1) is 16.7. The van der Waals surface area contributed by atoms with E-state index in [0.29, 0.717) is 6.04 Å². The zero-order valence-electron chi connectivity index (χ0n) is 20.6. The van der Waals surface area contributed by atoms with Gasteiger partial charge in [-0.3, -0.25) is 4.90 Å². The topological polar surface area (TPSA) is 19.6 Å². The van der Waals surface area contributed by atoms with Gasteiger partial charge in [0.15, 0.2) is 0 Å². The predicted octanol–water partition coefficient (Wildman–Crippen LogP) is 7.62. The zero-order valence-corrected chi connectivity index (χ0v) is 21.4. The summed E-state index contributed by atoms with van der Waals surface area (Å²) in [5, 5.41) is 1.21. The Bertz CT molecular complexity index is 1180. The minimum absolute atomic E-state index is 0.692. The molecule has 1 saturated heterocycles. The standard InChI is InChI=1S/C30H36N2OS/c1-3-5-17-32(30(34)23-11-9-22(7-4-2)10-12-23)26-13-14-29-27(20-26)28(21-33-29)24-15-18-31-16-6-8-25(31)19-24/h9-15,20-21,25H,3-8,16-19H2,1-2H3. The Morgan fingerprint density at radius 1 is 1.12 bits per heavy atom. The van der Waals surface area contributed by atoms with Crippen molar-refractivity contribution < 1.29 is 4.42 Å². The van der Waals surface area contributed by atoms with Gasteiger partial charge in [-0.1, -0.05) is 69.2 Å². The summed E-state index contributed by atoms with van der Waals surface area (Å²) in [6.07, 6.45) is 12.7. The summed E-state index contributed by atoms with van der Waals surface area (Å²) < 4.78 is 6.00. The summed E-state index contributed by atoms with van der Waals surface area (Å²) in [6.45, 7) is 7.68. The van der Waals surface area contributed by atoms with E-state index < -0.39 is 0 Å². The van der Waals surface area contributed by atoms with Gasteiger partial charge in [-0.25, -0.2) is 0 Å². The Morgan fingerprint density at radius 2 is 1.97 bits per heavy atom. The highest BCUT2D eigenvalue weighted by Gasteiger charge is 2.29. The number of aryl methyl sites for hydroxylation is 1. The Morgan fingerprint density at radius 3 is 2.76 bits per heavy atom. The molecule has 2 aromatic carbocycles. The monoisotopic (exact) mass is 472 g/mol. The molecule has 0 N–H and O–H groups in total. The van der Waals surface area contributed by atoms with Crippen LogP contribution in [0.4, 0.5) is 5.69 Å². The molecule has 3 heterocycles. The van der Waals surface area contributed by atoms with Crippen molar-refractivity contribution in [3.63, 3.8) is 0 Å². The number of hydrogen-bond donors (Lipinski definition) is 0. The molecular formula is C30H36N2OS. The van der Waals surface area contributed by atoms with Crippen molar-refractivity contribution in [2.24, 2.45) is 0 Å². The lowest BCUT2D eigenvalue weighted by atomic mass is 9.94. The van der Waals surface area contributed by atoms with Crippen LogP contribution < -0.4 is 4.90 Å². The Hall–Kier alpha value is -2.43. The van der Waals surface area contributed by atoms with Gasteiger partial charge in [0, 0.05) is 41.3 Å². The number of nitrogens with zero attached hydrogens (tertiary/aromatic N) is 2. The van der Waals surface area contributed by atoms with Crippen LogP contribution in [0.25, 0.3) is 16.5 Å². The molecule has 2 aliphatic heterocycles. The summed E-state index contributed by atoms with van der Waals surface area (Å²) in [4.78, 5) is 5.84. The van der Waals surface area contributed by atoms with Crippen molar-refractivity contribution in [2.75, 3.05) is 24.5 Å². The second kappa shape index (κ2) is 10.5. The lowest BCUT2D eigenvalue weighted by molar-refractivity contribution is 0.275. The molecule has 3 nitrogen and oxygen atoms in total. The quantitative estimate of drug-likeness (QED) is 0.314. The van der Waals surface area contributed by atoms with Gasteiger partial charge in [0.05, 0.1) is 6.26 Å². The molecule has 1 unspecified atom stereocenters. The Balaban J connectivity index is 1.46. The van der Waals surface area contributed by atoms with E-state index in [9.17, 15) is 0 Å². The van der Waals surface area contributed by atoms with E-state index in [4.69, 9.17) is 16.6 Å². The number of rotatable bonds is 8. The fourth-order valence-electron chi connectivity index (χ4n) is 5.51. The van der Waals surface area contributed by atoms with Crippen molar-refractivity contribution in [3.05, 3.63) is 71.5 Å². The smallest absolute Gasteiger partial charge is 0.134 e. The van der Waals surface area contributed by atoms with Crippen LogP contribution in [0.15, 0.2) is 59.2 Å². The van der Waals surface area contributed by atoms with Crippen LogP contribution in [0.1, 0.15) is 69.1 Å². The maximum atomic E-state index is 6.04. The molecule has 1 aromatic heterocycles. The number of fused-ring (bicyclic) bond motifs is 2. The Labute approximate surface area is 209 Å². The number of furan rings is 1. The zero-order chi connectivity index (χ0) is 23.5. The van der Waals surface area contributed by atoms with Crippen LogP contribution in [-0.4, -0.2) is 35.6 Å². The fraction of sp³-hybridized carbons (Fsp3) is 0.433. The number of benzene rings is 2. The fourth-order valence-corrected chi connectivity index (χ4v) is 5.84. The van der Waals surface area contributed by atoms with E-state index in [2.05, 4.69) is 72.2 Å². The summed E-state index contributed by atoms with van der Waals surface area (Å²) in [7, 11) is 0. The highest BCUT2D eigenvalue weighted by Crippen LogP contribution is 2.37. The molecule has 4 heteroatoms. The molecule has 0 amide bonds. The van der Waals surface area contributed by atoms with Gasteiger partial charge < -0.3 is 9.32 Å². The van der Waals surface area contributed by atoms with E-state index >= 15 is 0 Å². The van der Waals surface area contributed by atoms with Crippen LogP contribution in [0.2, 0.25) is 0 Å². The van der Waals surface area contributed by atoms with Gasteiger partial charge in [0.25, 0.3) is 0 Å². The van der Waals surface area contributed by atoms with Gasteiger partial charge in [0.1, 0.15) is 10.6 Å². The minimum atomic E-state index is 0.692. The lowest BCUT2D eigenvalue weighted by Crippen LogP contribution is -2.32. The van der Waals surface area contributed by atoms with Gasteiger partial charge >= 0.3 is 0 Å². The first kappa shape index (κ1) is 23.3. The van der Waals surface area contributed by atoms with Crippen molar-refractivity contribution in [3.8, 4) is 0 Å². The van der Waals surface area contributed by atoms with E-state index in [-0.39, 0.29) is 0 Å². The normalized spacial score (nSPS) is 18.2. The molecule has 2 aliphatic rings. The van der Waals surface area contributed by atoms with Gasteiger partial charge in [-0.2, -0.15) is 0 Å². The van der Waals surface area contributed by atoms with Crippen molar-refractivity contribution in [1.29, 1.82) is 0 Å². The third kappa shape index (κ3) is 4.71. The van der Waals surface area contributed by atoms with Gasteiger partial charge in [0.2, 0.25) is 0 Å². The van der Waals surface area contributed by atoms with Crippen LogP contribution in [-0.2, 0) is 6.42 Å². The predicted molar refractivity (Wildman–Crippen MR) is 148 cm³/mol. The molecule has 0 saturated carbocycles. The number of unbranched alkanes of at least 4 members (excludes halogenated alkanes) is 1. The largest absolute Gasteiger partial charge is 0.464 e. The van der Waals surface area contributed by atoms with E-state index in [1.54, 1.807) is 0 Å². The third-order valence-corrected chi connectivity index (χ3v) is 7.92. The first-order valence-electron chi connectivity index (χ1n) is 13.0. The van der Waals surface area contributed by atoms with Crippen LogP contribution in [0, 0.1) is 0 Å². The number of thiocarbonyl (C=S) groups is 1. The van der Waals surface area contributed by atoms with Gasteiger partial charge in [-0.05, 0) is 68.0 Å². The first-order valence-corrected chi connectivity index (χ1v) is 13.4. The molecule has 34 heavy (non-hydrogen) atoms. The summed E-state index contributed by atoms with van der Waals surface area (Å²) in [5.41, 5.74) is 7.31. The molecule has 0 bridgehead atoms. The molecule has 0 radical (unpaired) electrons. The summed E-state index contributed by atoms with van der Waals surface area (Å²) in [6, 6.07) is 16.1. The number of hydrogen-bond acceptors (Lipinski definition) is 3. The minimum Gasteiger partial charge on any atom is -0.464 e. The Kier molecular flexibility index (Phi) is 7.17. The second-order valence-corrected chi connectivity index (χ2v) is 10.2. The molecule has 0 aliphatic carbocycles. The molecule has 0 spiro atoms. The SMILES string of the molecule is CCCCN(C(=S)c1ccc(CCC)cc1)c1ccc2occ(C3=CCN4CCCC4C3)c2c1. The van der Waals surface area contributed by atoms with Crippen LogP contribution in [0.5, 0.6) is 0 Å². The second-order valence-electron chi connectivity index (χ2n) is 9.81. The summed E-state index contributed by atoms with van der Waals surface area (Å²) in [5.74, 6) is 0. The number of anilines is 1. The molecular weight excluding hydrogens is 436 g/mol. The lowest BCUT2D eigenvalue weighted by Gasteiger charge is -2.29. The van der Waals surface area contributed by atoms with Crippen LogP contribution in [0.3, 0.4) is 0 Å². The summed E-state index contributed by atoms with van der Waals surface area (Å²) >= 11 is 6.04. The maximum Gasteiger partial charge on any atom is 0.134 e. The van der Waals surface area contributed by atoms with Crippen LogP contribution >= 0.6 is 12.2 Å². The third-order valence-electron chi connectivity index (χ3n) is 7.46. The van der Waals surface area contributed by atoms with Gasteiger partial charge in [-0.15, -0.1) is 0 Å². The van der Waals surface area contributed by atoms with E-state index in [1.165, 1.54) is 41.5 Å². The highest BCUT2D eigenvalue weighted by atomic mass is 32.1. The van der Waals surface area contributed by atoms with Crippen molar-refractivity contribution >= 4 is 39.4 Å². The van der Waals surface area contributed by atoms with Crippen molar-refractivity contribution in [2.45, 2.75) is 64.8 Å².